The molecule has 0 saturated heterocycles. The number of halogens is 1. The maximum Gasteiger partial charge on any atom is 0.154 e. The number of nitrogens with one attached hydrogen (secondary N) is 2. The Morgan fingerprint density at radius 1 is 1.08 bits per heavy atom. The molecule has 0 unspecified atom stereocenters. The van der Waals surface area contributed by atoms with Crippen molar-refractivity contribution in [3.8, 4) is 0 Å². The Kier molecular flexibility index (Phi) is 3.86. The first-order chi connectivity index (χ1) is 12.1. The van der Waals surface area contributed by atoms with Crippen LogP contribution in [0.2, 0.25) is 5.02 Å². The molecule has 2 N–H and O–H groups in total. The number of aryl methyl sites for hydroxylation is 1. The van der Waals surface area contributed by atoms with E-state index in [0.717, 1.165) is 39.0 Å². The topological polar surface area (TPSA) is 66.0 Å². The van der Waals surface area contributed by atoms with Gasteiger partial charge in [0.15, 0.2) is 5.82 Å². The normalized spacial score (nSPS) is 12.0. The van der Waals surface area contributed by atoms with Crippen LogP contribution in [0.4, 0.5) is 5.82 Å². The van der Waals surface area contributed by atoms with Crippen molar-refractivity contribution in [3.05, 3.63) is 64.9 Å². The highest BCUT2D eigenvalue weighted by molar-refractivity contribution is 6.31. The van der Waals surface area contributed by atoms with Gasteiger partial charge in [-0.3, -0.25) is 5.43 Å². The summed E-state index contributed by atoms with van der Waals surface area (Å²) < 4.78 is 0. The number of fused-ring (bicyclic) bond motifs is 2. The van der Waals surface area contributed by atoms with Gasteiger partial charge in [0.05, 0.1) is 16.6 Å². The van der Waals surface area contributed by atoms with Crippen molar-refractivity contribution in [3.63, 3.8) is 0 Å². The quantitative estimate of drug-likeness (QED) is 0.408. The Labute approximate surface area is 149 Å². The molecule has 2 heterocycles. The van der Waals surface area contributed by atoms with Gasteiger partial charge < -0.3 is 4.98 Å². The van der Waals surface area contributed by atoms with Gasteiger partial charge in [-0.25, -0.2) is 9.97 Å². The number of H-pyrrole nitrogens is 1. The predicted molar refractivity (Wildman–Crippen MR) is 103 cm³/mol. The van der Waals surface area contributed by atoms with Crippen molar-refractivity contribution in [2.24, 2.45) is 5.10 Å². The highest BCUT2D eigenvalue weighted by Crippen LogP contribution is 2.23. The minimum Gasteiger partial charge on any atom is -0.337 e. The van der Waals surface area contributed by atoms with Crippen LogP contribution in [-0.2, 0) is 0 Å². The van der Waals surface area contributed by atoms with Gasteiger partial charge in [-0.15, -0.1) is 0 Å². The van der Waals surface area contributed by atoms with Gasteiger partial charge >= 0.3 is 0 Å². The third-order valence-electron chi connectivity index (χ3n) is 4.05. The Morgan fingerprint density at radius 3 is 2.76 bits per heavy atom. The second-order valence-electron chi connectivity index (χ2n) is 5.90. The molecule has 0 spiro atoms. The number of hydrazone groups is 1. The predicted octanol–water partition coefficient (Wildman–Crippen LogP) is 4.91. The van der Waals surface area contributed by atoms with E-state index in [1.54, 1.807) is 0 Å². The van der Waals surface area contributed by atoms with Crippen LogP contribution < -0.4 is 5.43 Å². The first kappa shape index (κ1) is 15.6. The van der Waals surface area contributed by atoms with Gasteiger partial charge in [0, 0.05) is 10.4 Å². The lowest BCUT2D eigenvalue weighted by Gasteiger charge is -2.07. The summed E-state index contributed by atoms with van der Waals surface area (Å²) in [5.41, 5.74) is 7.65. The molecule has 0 radical (unpaired) electrons. The summed E-state index contributed by atoms with van der Waals surface area (Å²) in [5, 5.41) is 6.15. The molecule has 4 aromatic rings. The van der Waals surface area contributed by atoms with Gasteiger partial charge in [-0.05, 0) is 55.8 Å². The number of hydrogen-bond acceptors (Lipinski definition) is 4. The molecule has 0 aliphatic heterocycles. The molecular weight excluding hydrogens is 334 g/mol. The average molecular weight is 350 g/mol. The van der Waals surface area contributed by atoms with Crippen molar-refractivity contribution in [1.29, 1.82) is 0 Å². The minimum absolute atomic E-state index is 0.683. The van der Waals surface area contributed by atoms with E-state index in [-0.39, 0.29) is 0 Å². The molecule has 25 heavy (non-hydrogen) atoms. The van der Waals surface area contributed by atoms with E-state index in [2.05, 4.69) is 25.5 Å². The van der Waals surface area contributed by atoms with Crippen LogP contribution in [-0.4, -0.2) is 20.7 Å². The van der Waals surface area contributed by atoms with Gasteiger partial charge in [0.1, 0.15) is 11.5 Å². The number of para-hydroxylation sites is 2. The maximum absolute atomic E-state index is 6.06. The van der Waals surface area contributed by atoms with E-state index in [9.17, 15) is 0 Å². The van der Waals surface area contributed by atoms with Gasteiger partial charge in [-0.2, -0.15) is 5.10 Å². The van der Waals surface area contributed by atoms with Crippen LogP contribution in [0.15, 0.2) is 53.6 Å². The first-order valence-corrected chi connectivity index (χ1v) is 8.30. The van der Waals surface area contributed by atoms with Gasteiger partial charge in [0.25, 0.3) is 0 Å². The Bertz CT molecular complexity index is 1080. The van der Waals surface area contributed by atoms with Crippen LogP contribution in [0.25, 0.3) is 21.9 Å². The standard InChI is InChI=1S/C19H16ClN5/c1-11-9-18(21-15-8-7-13(20)10-14(11)15)25-24-12(2)19-22-16-5-3-4-6-17(16)23-19/h3-10H,1-2H3,(H,21,25)(H,22,23)/b24-12+. The molecule has 0 saturated carbocycles. The fraction of sp³-hybridized carbons (Fsp3) is 0.105. The lowest BCUT2D eigenvalue weighted by Crippen LogP contribution is -2.03. The summed E-state index contributed by atoms with van der Waals surface area (Å²) in [4.78, 5) is 12.4. The van der Waals surface area contributed by atoms with Crippen LogP contribution >= 0.6 is 11.6 Å². The molecule has 0 bridgehead atoms. The molecule has 0 fully saturated rings. The number of aromatic nitrogens is 3. The number of pyridine rings is 1. The first-order valence-electron chi connectivity index (χ1n) is 7.92. The Morgan fingerprint density at radius 2 is 1.92 bits per heavy atom. The Balaban J connectivity index is 1.64. The van der Waals surface area contributed by atoms with Gasteiger partial charge in [-0.1, -0.05) is 23.7 Å². The second-order valence-corrected chi connectivity index (χ2v) is 6.33. The summed E-state index contributed by atoms with van der Waals surface area (Å²) in [6, 6.07) is 15.5. The summed E-state index contributed by atoms with van der Waals surface area (Å²) in [6.45, 7) is 3.93. The molecule has 2 aromatic carbocycles. The molecule has 4 rings (SSSR count). The van der Waals surface area contributed by atoms with Crippen LogP contribution in [0.3, 0.4) is 0 Å². The molecule has 2 aromatic heterocycles. The van der Waals surface area contributed by atoms with Crippen LogP contribution in [0.5, 0.6) is 0 Å². The second kappa shape index (κ2) is 6.18. The lowest BCUT2D eigenvalue weighted by molar-refractivity contribution is 1.21. The Hall–Kier alpha value is -2.92. The van der Waals surface area contributed by atoms with E-state index < -0.39 is 0 Å². The van der Waals surface area contributed by atoms with Crippen molar-refractivity contribution >= 4 is 45.1 Å². The van der Waals surface area contributed by atoms with Crippen molar-refractivity contribution < 1.29 is 0 Å². The third-order valence-corrected chi connectivity index (χ3v) is 4.28. The average Bonchev–Trinajstić information content (AvgIpc) is 3.04. The zero-order chi connectivity index (χ0) is 17.4. The van der Waals surface area contributed by atoms with Crippen molar-refractivity contribution in [1.82, 2.24) is 15.0 Å². The number of nitrogens with zero attached hydrogens (tertiary/aromatic N) is 3. The number of imidazole rings is 1. The summed E-state index contributed by atoms with van der Waals surface area (Å²) >= 11 is 6.06. The minimum atomic E-state index is 0.683. The summed E-state index contributed by atoms with van der Waals surface area (Å²) in [5.74, 6) is 1.42. The molecule has 124 valence electrons. The number of aromatic amines is 1. The number of benzene rings is 2. The molecule has 0 aliphatic carbocycles. The van der Waals surface area contributed by atoms with Crippen molar-refractivity contribution in [2.75, 3.05) is 5.43 Å². The lowest BCUT2D eigenvalue weighted by atomic mass is 10.1. The number of anilines is 1. The molecular formula is C19H16ClN5. The summed E-state index contributed by atoms with van der Waals surface area (Å²) in [6.07, 6.45) is 0. The third kappa shape index (κ3) is 3.06. The molecule has 0 aliphatic rings. The highest BCUT2D eigenvalue weighted by Gasteiger charge is 2.06. The zero-order valence-corrected chi connectivity index (χ0v) is 14.6. The molecule has 5 nitrogen and oxygen atoms in total. The van der Waals surface area contributed by atoms with E-state index >= 15 is 0 Å². The number of hydrogen-bond donors (Lipinski definition) is 2. The van der Waals surface area contributed by atoms with Crippen molar-refractivity contribution in [2.45, 2.75) is 13.8 Å². The number of rotatable bonds is 3. The SMILES string of the molecule is C/C(=N\Nc1cc(C)c2cc(Cl)ccc2n1)c1nc2ccccc2[nH]1. The van der Waals surface area contributed by atoms with E-state index in [0.29, 0.717) is 10.8 Å². The fourth-order valence-electron chi connectivity index (χ4n) is 2.74. The van der Waals surface area contributed by atoms with Crippen LogP contribution in [0, 0.1) is 6.92 Å². The fourth-order valence-corrected chi connectivity index (χ4v) is 2.91. The maximum atomic E-state index is 6.06. The molecule has 0 atom stereocenters. The van der Waals surface area contributed by atoms with E-state index in [1.165, 1.54) is 0 Å². The summed E-state index contributed by atoms with van der Waals surface area (Å²) in [7, 11) is 0. The largest absolute Gasteiger partial charge is 0.337 e. The highest BCUT2D eigenvalue weighted by atomic mass is 35.5. The molecule has 0 amide bonds. The van der Waals surface area contributed by atoms with Crippen LogP contribution in [0.1, 0.15) is 18.3 Å². The smallest absolute Gasteiger partial charge is 0.154 e. The monoisotopic (exact) mass is 349 g/mol. The van der Waals surface area contributed by atoms with E-state index in [1.807, 2.05) is 62.4 Å². The zero-order valence-electron chi connectivity index (χ0n) is 13.8. The molecule has 6 heteroatoms. The van der Waals surface area contributed by atoms with Gasteiger partial charge in [0.2, 0.25) is 0 Å². The van der Waals surface area contributed by atoms with E-state index in [4.69, 9.17) is 11.6 Å².